The first kappa shape index (κ1) is 31.1. The maximum atomic E-state index is 13.1. The molecule has 1 aromatic heterocycles. The highest BCUT2D eigenvalue weighted by atomic mass is 35.5. The van der Waals surface area contributed by atoms with Gasteiger partial charge < -0.3 is 10.1 Å². The van der Waals surface area contributed by atoms with E-state index in [1.807, 2.05) is 43.3 Å². The molecule has 0 saturated carbocycles. The van der Waals surface area contributed by atoms with E-state index in [1.54, 1.807) is 24.3 Å². The van der Waals surface area contributed by atoms with Crippen LogP contribution in [0.2, 0.25) is 5.02 Å². The van der Waals surface area contributed by atoms with Gasteiger partial charge in [0.2, 0.25) is 0 Å². The van der Waals surface area contributed by atoms with E-state index in [1.165, 1.54) is 10.6 Å². The molecule has 230 valence electrons. The minimum atomic E-state index is -0.637. The summed E-state index contributed by atoms with van der Waals surface area (Å²) in [5, 5.41) is 12.5. The van der Waals surface area contributed by atoms with Crippen molar-refractivity contribution in [1.82, 2.24) is 10.2 Å². The number of nitrogens with one attached hydrogen (secondary N) is 3. The van der Waals surface area contributed by atoms with Crippen LogP contribution in [0.4, 0.5) is 17.1 Å². The van der Waals surface area contributed by atoms with Crippen LogP contribution in [0.3, 0.4) is 0 Å². The number of benzene rings is 3. The Labute approximate surface area is 264 Å². The quantitative estimate of drug-likeness (QED) is 0.177. The summed E-state index contributed by atoms with van der Waals surface area (Å²) >= 11 is 6.02. The Bertz CT molecular complexity index is 1620. The third-order valence-corrected chi connectivity index (χ3v) is 7.95. The first-order chi connectivity index (χ1) is 20.8. The number of ether oxygens (including phenoxy) is 1. The van der Waals surface area contributed by atoms with E-state index in [0.717, 1.165) is 17.7 Å². The fourth-order valence-corrected chi connectivity index (χ4v) is 6.00. The van der Waals surface area contributed by atoms with Crippen molar-refractivity contribution in [3.8, 4) is 17.0 Å². The standard InChI is InChI=1S/C35H40ClN5O3/c1-7-29(44-27-18-10-23(11-19-27)35(5,6)21-34(2,3)4)33(43)37-25-14-8-22(9-15-25)31-32-28(38-39-31)20-30(42)41(40-32)26-16-12-24(36)13-17-26/h8-19,29,40H,7,20-21H2,1-6H3,(H,37,43)(H,38,39). The highest BCUT2D eigenvalue weighted by Crippen LogP contribution is 2.37. The van der Waals surface area contributed by atoms with Gasteiger partial charge >= 0.3 is 0 Å². The summed E-state index contributed by atoms with van der Waals surface area (Å²) in [6.45, 7) is 13.2. The van der Waals surface area contributed by atoms with Crippen LogP contribution < -0.4 is 20.5 Å². The molecular formula is C35H40ClN5O3. The molecule has 8 nitrogen and oxygen atoms in total. The molecule has 0 aliphatic carbocycles. The van der Waals surface area contributed by atoms with Crippen LogP contribution in [-0.2, 0) is 21.4 Å². The molecule has 1 aliphatic heterocycles. The molecule has 4 aromatic rings. The van der Waals surface area contributed by atoms with Gasteiger partial charge in [0, 0.05) is 16.3 Å². The molecule has 0 fully saturated rings. The molecular weight excluding hydrogens is 574 g/mol. The Balaban J connectivity index is 1.24. The summed E-state index contributed by atoms with van der Waals surface area (Å²) in [6.07, 6.45) is 1.12. The fraction of sp³-hybridized carbons (Fsp3) is 0.343. The number of hydrazine groups is 1. The number of aromatic amines is 1. The third kappa shape index (κ3) is 7.08. The average molecular weight is 614 g/mol. The van der Waals surface area contributed by atoms with Crippen LogP contribution in [-0.4, -0.2) is 28.1 Å². The monoisotopic (exact) mass is 613 g/mol. The Hall–Kier alpha value is -4.30. The first-order valence-electron chi connectivity index (χ1n) is 14.9. The van der Waals surface area contributed by atoms with Crippen LogP contribution in [0.5, 0.6) is 5.75 Å². The minimum absolute atomic E-state index is 0.0310. The number of carbonyl (C=O) groups is 2. The van der Waals surface area contributed by atoms with Crippen LogP contribution >= 0.6 is 11.6 Å². The molecule has 0 radical (unpaired) electrons. The molecule has 0 saturated heterocycles. The van der Waals surface area contributed by atoms with Gasteiger partial charge in [0.15, 0.2) is 6.10 Å². The van der Waals surface area contributed by atoms with E-state index in [9.17, 15) is 9.59 Å². The molecule has 44 heavy (non-hydrogen) atoms. The molecule has 2 heterocycles. The van der Waals surface area contributed by atoms with Crippen molar-refractivity contribution in [3.63, 3.8) is 0 Å². The zero-order valence-corrected chi connectivity index (χ0v) is 26.9. The molecule has 1 atom stereocenters. The first-order valence-corrected chi connectivity index (χ1v) is 15.3. The second-order valence-corrected chi connectivity index (χ2v) is 13.6. The lowest BCUT2D eigenvalue weighted by molar-refractivity contribution is -0.123. The number of amides is 2. The van der Waals surface area contributed by atoms with Crippen molar-refractivity contribution in [1.29, 1.82) is 0 Å². The van der Waals surface area contributed by atoms with Crippen molar-refractivity contribution < 1.29 is 14.3 Å². The minimum Gasteiger partial charge on any atom is -0.481 e. The van der Waals surface area contributed by atoms with Gasteiger partial charge in [-0.25, -0.2) is 5.01 Å². The van der Waals surface area contributed by atoms with Crippen LogP contribution in [0, 0.1) is 5.41 Å². The van der Waals surface area contributed by atoms with Gasteiger partial charge in [0.25, 0.3) is 11.8 Å². The number of H-pyrrole nitrogens is 1. The van der Waals surface area contributed by atoms with E-state index < -0.39 is 6.10 Å². The number of halogens is 1. The average Bonchev–Trinajstić information content (AvgIpc) is 3.38. The molecule has 3 aromatic carbocycles. The van der Waals surface area contributed by atoms with Gasteiger partial charge in [-0.15, -0.1) is 0 Å². The molecule has 1 unspecified atom stereocenters. The van der Waals surface area contributed by atoms with E-state index in [4.69, 9.17) is 16.3 Å². The number of hydrogen-bond acceptors (Lipinski definition) is 5. The maximum Gasteiger partial charge on any atom is 0.265 e. The number of fused-ring (bicyclic) bond motifs is 1. The predicted molar refractivity (Wildman–Crippen MR) is 177 cm³/mol. The van der Waals surface area contributed by atoms with Crippen LogP contribution in [0.25, 0.3) is 11.3 Å². The van der Waals surface area contributed by atoms with Gasteiger partial charge in [-0.1, -0.05) is 77.4 Å². The van der Waals surface area contributed by atoms with Crippen molar-refractivity contribution in [2.45, 2.75) is 72.3 Å². The lowest BCUT2D eigenvalue weighted by Crippen LogP contribution is -2.41. The Morgan fingerprint density at radius 1 is 1.00 bits per heavy atom. The zero-order valence-electron chi connectivity index (χ0n) is 26.1. The summed E-state index contributed by atoms with van der Waals surface area (Å²) in [7, 11) is 0. The lowest BCUT2D eigenvalue weighted by atomic mass is 9.72. The molecule has 3 N–H and O–H groups in total. The Morgan fingerprint density at radius 3 is 2.27 bits per heavy atom. The molecule has 0 bridgehead atoms. The van der Waals surface area contributed by atoms with Gasteiger partial charge in [-0.2, -0.15) is 5.10 Å². The van der Waals surface area contributed by atoms with Crippen LogP contribution in [0.1, 0.15) is 65.6 Å². The zero-order chi connectivity index (χ0) is 31.6. The number of hydrogen-bond donors (Lipinski definition) is 3. The Kier molecular flexibility index (Phi) is 8.75. The number of rotatable bonds is 9. The van der Waals surface area contributed by atoms with E-state index >= 15 is 0 Å². The summed E-state index contributed by atoms with van der Waals surface area (Å²) in [5.74, 6) is 0.342. The van der Waals surface area contributed by atoms with Crippen molar-refractivity contribution in [2.24, 2.45) is 5.41 Å². The van der Waals surface area contributed by atoms with Crippen LogP contribution in [0.15, 0.2) is 72.8 Å². The Morgan fingerprint density at radius 2 is 1.66 bits per heavy atom. The topological polar surface area (TPSA) is 99.3 Å². The van der Waals surface area contributed by atoms with Gasteiger partial charge in [-0.3, -0.25) is 20.1 Å². The van der Waals surface area contributed by atoms with Gasteiger partial charge in [0.05, 0.1) is 17.8 Å². The van der Waals surface area contributed by atoms with Crippen molar-refractivity contribution in [2.75, 3.05) is 15.8 Å². The smallest absolute Gasteiger partial charge is 0.265 e. The maximum absolute atomic E-state index is 13.1. The number of carbonyl (C=O) groups excluding carboxylic acids is 2. The second kappa shape index (κ2) is 12.4. The number of aromatic nitrogens is 2. The van der Waals surface area contributed by atoms with E-state index in [-0.39, 0.29) is 29.1 Å². The van der Waals surface area contributed by atoms with E-state index in [2.05, 4.69) is 67.7 Å². The molecule has 5 rings (SSSR count). The fourth-order valence-electron chi connectivity index (χ4n) is 5.87. The van der Waals surface area contributed by atoms with Crippen molar-refractivity contribution in [3.05, 3.63) is 89.1 Å². The van der Waals surface area contributed by atoms with Crippen molar-refractivity contribution >= 4 is 40.5 Å². The molecule has 0 spiro atoms. The summed E-state index contributed by atoms with van der Waals surface area (Å²) in [5.41, 5.74) is 8.97. The highest BCUT2D eigenvalue weighted by molar-refractivity contribution is 6.30. The SMILES string of the molecule is CCC(Oc1ccc(C(C)(C)CC(C)(C)C)cc1)C(=O)Nc1ccc(-c2n[nH]c3c2NN(c2ccc(Cl)cc2)C(=O)C3)cc1. The summed E-state index contributed by atoms with van der Waals surface area (Å²) in [6, 6.07) is 22.6. The number of anilines is 3. The third-order valence-electron chi connectivity index (χ3n) is 7.70. The highest BCUT2D eigenvalue weighted by Gasteiger charge is 2.29. The second-order valence-electron chi connectivity index (χ2n) is 13.1. The largest absolute Gasteiger partial charge is 0.481 e. The predicted octanol–water partition coefficient (Wildman–Crippen LogP) is 8.16. The lowest BCUT2D eigenvalue weighted by Gasteiger charge is -2.33. The van der Waals surface area contributed by atoms with Gasteiger partial charge in [0.1, 0.15) is 17.1 Å². The van der Waals surface area contributed by atoms with E-state index in [0.29, 0.717) is 40.0 Å². The van der Waals surface area contributed by atoms with Gasteiger partial charge in [-0.05, 0) is 77.8 Å². The molecule has 9 heteroatoms. The normalized spacial score (nSPS) is 14.1. The summed E-state index contributed by atoms with van der Waals surface area (Å²) in [4.78, 5) is 25.9. The number of nitrogens with zero attached hydrogens (tertiary/aromatic N) is 2. The summed E-state index contributed by atoms with van der Waals surface area (Å²) < 4.78 is 6.10. The molecule has 1 aliphatic rings. The molecule has 2 amide bonds.